The number of Topliss-reactive ketones (excluding diaryl/α,β-unsaturated/α-hetero) is 1. The van der Waals surface area contributed by atoms with Crippen molar-refractivity contribution in [2.45, 2.75) is 106 Å². The van der Waals surface area contributed by atoms with Crippen molar-refractivity contribution in [2.24, 2.45) is 50.2 Å². The molecule has 0 aliphatic heterocycles. The molecule has 4 saturated carbocycles. The molecule has 0 spiro atoms. The summed E-state index contributed by atoms with van der Waals surface area (Å²) in [5.74, 6) is 0.222. The number of carboxylic acid groups (broad SMARTS) is 1. The van der Waals surface area contributed by atoms with Crippen molar-refractivity contribution in [1.82, 2.24) is 0 Å². The zero-order valence-electron chi connectivity index (χ0n) is 22.3. The smallest absolute Gasteiger partial charge is 0.309 e. The van der Waals surface area contributed by atoms with Gasteiger partial charge in [0, 0.05) is 17.8 Å². The molecule has 188 valence electrons. The fourth-order valence-corrected chi connectivity index (χ4v) is 10.2. The minimum absolute atomic E-state index is 0.0707. The third-order valence-electron chi connectivity index (χ3n) is 12.8. The summed E-state index contributed by atoms with van der Waals surface area (Å²) < 4.78 is 0. The minimum atomic E-state index is -0.721. The third-order valence-corrected chi connectivity index (χ3v) is 12.8. The maximum absolute atomic E-state index is 14.2. The SMILES string of the molecule is CC1(C(=O)O)CC[C@]2(C)CC[C@]3(C)C(=CC(=O)C4[C@@]5(C)CCC(=O)C(C)(C)C5CC[C@]43C)C2C1. The number of fused-ring (bicyclic) bond motifs is 7. The highest BCUT2D eigenvalue weighted by Crippen LogP contribution is 2.74. The van der Waals surface area contributed by atoms with Crippen LogP contribution < -0.4 is 0 Å². The van der Waals surface area contributed by atoms with Crippen LogP contribution in [0.3, 0.4) is 0 Å². The summed E-state index contributed by atoms with van der Waals surface area (Å²) in [5.41, 5.74) is -0.205. The molecule has 0 saturated heterocycles. The lowest BCUT2D eigenvalue weighted by molar-refractivity contribution is -0.188. The predicted octanol–water partition coefficient (Wildman–Crippen LogP) is 6.62. The molecule has 4 unspecified atom stereocenters. The third kappa shape index (κ3) is 2.75. The van der Waals surface area contributed by atoms with Crippen LogP contribution in [-0.2, 0) is 14.4 Å². The fraction of sp³-hybridized carbons (Fsp3) is 0.833. The van der Waals surface area contributed by atoms with E-state index >= 15 is 0 Å². The lowest BCUT2D eigenvalue weighted by Gasteiger charge is -2.69. The van der Waals surface area contributed by atoms with Gasteiger partial charge >= 0.3 is 5.97 Å². The first-order chi connectivity index (χ1) is 15.6. The molecule has 34 heavy (non-hydrogen) atoms. The molecule has 0 aromatic heterocycles. The summed E-state index contributed by atoms with van der Waals surface area (Å²) in [7, 11) is 0. The van der Waals surface area contributed by atoms with Gasteiger partial charge < -0.3 is 5.11 Å². The molecule has 0 bridgehead atoms. The number of carboxylic acids is 1. The second-order valence-electron chi connectivity index (χ2n) is 14.7. The molecule has 4 heteroatoms. The highest BCUT2D eigenvalue weighted by molar-refractivity contribution is 5.96. The zero-order valence-corrected chi connectivity index (χ0v) is 22.3. The number of carbonyl (C=O) groups is 3. The first-order valence-electron chi connectivity index (χ1n) is 13.6. The van der Waals surface area contributed by atoms with Gasteiger partial charge in [0.25, 0.3) is 0 Å². The van der Waals surface area contributed by atoms with Crippen LogP contribution in [0.15, 0.2) is 11.6 Å². The van der Waals surface area contributed by atoms with E-state index in [1.165, 1.54) is 5.57 Å². The molecule has 0 amide bonds. The first kappa shape index (κ1) is 24.3. The Morgan fingerprint density at radius 3 is 2.21 bits per heavy atom. The normalized spacial score (nSPS) is 52.0. The van der Waals surface area contributed by atoms with Crippen LogP contribution in [-0.4, -0.2) is 22.6 Å². The highest BCUT2D eigenvalue weighted by atomic mass is 16.4. The van der Waals surface area contributed by atoms with Crippen molar-refractivity contribution in [1.29, 1.82) is 0 Å². The van der Waals surface area contributed by atoms with Crippen molar-refractivity contribution in [3.05, 3.63) is 11.6 Å². The van der Waals surface area contributed by atoms with Gasteiger partial charge in [-0.2, -0.15) is 0 Å². The maximum atomic E-state index is 14.2. The van der Waals surface area contributed by atoms with Crippen LogP contribution in [0.2, 0.25) is 0 Å². The molecule has 0 aromatic rings. The number of rotatable bonds is 1. The first-order valence-corrected chi connectivity index (χ1v) is 13.6. The molecule has 5 rings (SSSR count). The number of ketones is 2. The van der Waals surface area contributed by atoms with E-state index in [1.807, 2.05) is 13.0 Å². The van der Waals surface area contributed by atoms with Crippen molar-refractivity contribution in [3.8, 4) is 0 Å². The van der Waals surface area contributed by atoms with Crippen LogP contribution in [0.1, 0.15) is 106 Å². The van der Waals surface area contributed by atoms with Crippen LogP contribution in [0.25, 0.3) is 0 Å². The Labute approximate surface area is 205 Å². The molecule has 0 radical (unpaired) electrons. The van der Waals surface area contributed by atoms with E-state index in [1.54, 1.807) is 0 Å². The van der Waals surface area contributed by atoms with E-state index in [-0.39, 0.29) is 50.6 Å². The molecule has 0 heterocycles. The molecular weight excluding hydrogens is 424 g/mol. The molecular formula is C30H44O4. The van der Waals surface area contributed by atoms with Crippen LogP contribution >= 0.6 is 0 Å². The average molecular weight is 469 g/mol. The monoisotopic (exact) mass is 468 g/mol. The van der Waals surface area contributed by atoms with E-state index < -0.39 is 11.4 Å². The predicted molar refractivity (Wildman–Crippen MR) is 132 cm³/mol. The summed E-state index contributed by atoms with van der Waals surface area (Å²) in [6.07, 6.45) is 9.78. The Hall–Kier alpha value is -1.45. The highest BCUT2D eigenvalue weighted by Gasteiger charge is 2.70. The van der Waals surface area contributed by atoms with E-state index in [0.717, 1.165) is 44.9 Å². The number of allylic oxidation sites excluding steroid dienone is 2. The van der Waals surface area contributed by atoms with Gasteiger partial charge in [-0.15, -0.1) is 0 Å². The minimum Gasteiger partial charge on any atom is -0.481 e. The summed E-state index contributed by atoms with van der Waals surface area (Å²) in [6, 6.07) is 0. The molecule has 0 aromatic carbocycles. The van der Waals surface area contributed by atoms with Crippen LogP contribution in [0.4, 0.5) is 0 Å². The number of aliphatic carboxylic acids is 1. The van der Waals surface area contributed by atoms with Gasteiger partial charge in [-0.1, -0.05) is 47.1 Å². The van der Waals surface area contributed by atoms with Crippen LogP contribution in [0.5, 0.6) is 0 Å². The number of hydrogen-bond acceptors (Lipinski definition) is 3. The zero-order chi connectivity index (χ0) is 25.1. The van der Waals surface area contributed by atoms with E-state index in [9.17, 15) is 19.5 Å². The molecule has 1 N–H and O–H groups in total. The molecule has 8 atom stereocenters. The second kappa shape index (κ2) is 6.85. The largest absolute Gasteiger partial charge is 0.481 e. The molecule has 5 aliphatic rings. The standard InChI is InChI=1S/C30H44O4/c1-25(2)21-8-11-30(7)23(28(21,5)10-9-22(25)32)20(31)16-18-19-17-27(4,24(33)34)13-12-26(19,3)14-15-29(18,30)6/h16,19,21,23H,8-15,17H2,1-7H3,(H,33,34)/t19?,21?,23?,26-,27?,28+,29-,30-/m1/s1. The summed E-state index contributed by atoms with van der Waals surface area (Å²) >= 11 is 0. The van der Waals surface area contributed by atoms with Gasteiger partial charge in [0.1, 0.15) is 5.78 Å². The topological polar surface area (TPSA) is 71.4 Å². The van der Waals surface area contributed by atoms with Crippen molar-refractivity contribution >= 4 is 17.5 Å². The van der Waals surface area contributed by atoms with Gasteiger partial charge in [0.15, 0.2) is 5.78 Å². The summed E-state index contributed by atoms with van der Waals surface area (Å²) in [5, 5.41) is 10.0. The van der Waals surface area contributed by atoms with Gasteiger partial charge in [-0.3, -0.25) is 14.4 Å². The Kier molecular flexibility index (Phi) is 4.89. The number of carbonyl (C=O) groups excluding carboxylic acids is 2. The van der Waals surface area contributed by atoms with Gasteiger partial charge in [-0.05, 0) is 97.9 Å². The number of hydrogen-bond donors (Lipinski definition) is 1. The average Bonchev–Trinajstić information content (AvgIpc) is 2.73. The van der Waals surface area contributed by atoms with E-state index in [2.05, 4.69) is 41.5 Å². The van der Waals surface area contributed by atoms with Crippen molar-refractivity contribution in [3.63, 3.8) is 0 Å². The van der Waals surface area contributed by atoms with Crippen LogP contribution in [0, 0.1) is 50.2 Å². The quantitative estimate of drug-likeness (QED) is 0.469. The lowest BCUT2D eigenvalue weighted by atomic mass is 9.33. The van der Waals surface area contributed by atoms with E-state index in [4.69, 9.17) is 0 Å². The Balaban J connectivity index is 1.63. The second-order valence-corrected chi connectivity index (χ2v) is 14.7. The Morgan fingerprint density at radius 2 is 1.56 bits per heavy atom. The lowest BCUT2D eigenvalue weighted by Crippen LogP contribution is -2.66. The van der Waals surface area contributed by atoms with Crippen molar-refractivity contribution in [2.75, 3.05) is 0 Å². The Morgan fingerprint density at radius 1 is 0.912 bits per heavy atom. The molecule has 4 nitrogen and oxygen atoms in total. The molecule has 4 fully saturated rings. The van der Waals surface area contributed by atoms with E-state index in [0.29, 0.717) is 18.6 Å². The maximum Gasteiger partial charge on any atom is 0.309 e. The van der Waals surface area contributed by atoms with Crippen molar-refractivity contribution < 1.29 is 19.5 Å². The van der Waals surface area contributed by atoms with Gasteiger partial charge in [0.05, 0.1) is 5.41 Å². The Bertz CT molecular complexity index is 1010. The van der Waals surface area contributed by atoms with Gasteiger partial charge in [0.2, 0.25) is 0 Å². The molecule has 5 aliphatic carbocycles. The summed E-state index contributed by atoms with van der Waals surface area (Å²) in [6.45, 7) is 15.5. The fourth-order valence-electron chi connectivity index (χ4n) is 10.2. The van der Waals surface area contributed by atoms with Gasteiger partial charge in [-0.25, -0.2) is 0 Å². The summed E-state index contributed by atoms with van der Waals surface area (Å²) in [4.78, 5) is 39.3.